The van der Waals surface area contributed by atoms with Gasteiger partial charge in [0.2, 0.25) is 11.4 Å². The van der Waals surface area contributed by atoms with Gasteiger partial charge < -0.3 is 10.5 Å². The Morgan fingerprint density at radius 1 is 1.17 bits per heavy atom. The van der Waals surface area contributed by atoms with E-state index < -0.39 is 16.5 Å². The number of benzene rings is 1. The second kappa shape index (κ2) is 5.84. The lowest BCUT2D eigenvalue weighted by Crippen LogP contribution is -2.51. The number of methoxy groups -OCH3 is 1. The van der Waals surface area contributed by atoms with E-state index in [1.54, 1.807) is 0 Å². The summed E-state index contributed by atoms with van der Waals surface area (Å²) in [6.07, 6.45) is 2.78. The lowest BCUT2D eigenvalue weighted by Gasteiger charge is -2.27. The van der Waals surface area contributed by atoms with Crippen molar-refractivity contribution in [2.45, 2.75) is 0 Å². The quantitative estimate of drug-likeness (QED) is 0.650. The van der Waals surface area contributed by atoms with E-state index in [2.05, 4.69) is 14.7 Å². The highest BCUT2D eigenvalue weighted by molar-refractivity contribution is 6.37. The number of primary amides is 1. The van der Waals surface area contributed by atoms with Gasteiger partial charge in [0.1, 0.15) is 5.70 Å². The molecule has 2 heterocycles. The van der Waals surface area contributed by atoms with E-state index in [-0.39, 0.29) is 11.5 Å². The van der Waals surface area contributed by atoms with Crippen molar-refractivity contribution in [2.24, 2.45) is 15.7 Å². The van der Waals surface area contributed by atoms with Gasteiger partial charge in [-0.3, -0.25) is 4.79 Å². The first-order chi connectivity index (χ1) is 11.5. The summed E-state index contributed by atoms with van der Waals surface area (Å²) in [7, 11) is 2.63. The number of allylic oxidation sites excluding steroid dienone is 1. The molecule has 8 heteroatoms. The third kappa shape index (κ3) is 2.25. The van der Waals surface area contributed by atoms with Crippen molar-refractivity contribution in [3.63, 3.8) is 0 Å². The van der Waals surface area contributed by atoms with E-state index in [1.165, 1.54) is 26.6 Å². The highest BCUT2D eigenvalue weighted by atomic mass is 16.7. The monoisotopic (exact) mass is 327 g/mol. The number of carbonyl (C=O) groups excluding carboxylic acids is 2. The number of hydroxylamine groups is 3. The number of hydrogen-bond donors (Lipinski definition) is 1. The number of esters is 1. The number of fused-ring (bicyclic) bond motifs is 1. The van der Waals surface area contributed by atoms with Crippen LogP contribution < -0.4 is 5.73 Å². The van der Waals surface area contributed by atoms with Crippen molar-refractivity contribution >= 4 is 29.6 Å². The number of hydrogen-bond acceptors (Lipinski definition) is 6. The number of quaternary nitrogens is 1. The molecule has 0 saturated carbocycles. The minimum absolute atomic E-state index is 0.00800. The Hall–Kier alpha value is -3.10. The van der Waals surface area contributed by atoms with Crippen LogP contribution in [-0.2, 0) is 19.2 Å². The van der Waals surface area contributed by atoms with Crippen molar-refractivity contribution in [2.75, 3.05) is 14.2 Å². The van der Waals surface area contributed by atoms with E-state index >= 15 is 0 Å². The summed E-state index contributed by atoms with van der Waals surface area (Å²) < 4.78 is 4.13. The fraction of sp³-hybridized carbons (Fsp3) is 0.125. The first-order valence-corrected chi connectivity index (χ1v) is 7.02. The van der Waals surface area contributed by atoms with E-state index in [0.29, 0.717) is 11.4 Å². The van der Waals surface area contributed by atoms with Crippen LogP contribution in [0.15, 0.2) is 57.9 Å². The zero-order valence-electron chi connectivity index (χ0n) is 13.1. The summed E-state index contributed by atoms with van der Waals surface area (Å²) in [6.45, 7) is 0. The molecule has 8 nitrogen and oxygen atoms in total. The maximum absolute atomic E-state index is 11.9. The van der Waals surface area contributed by atoms with E-state index in [4.69, 9.17) is 10.6 Å². The minimum Gasteiger partial charge on any atom is -0.464 e. The highest BCUT2D eigenvalue weighted by Gasteiger charge is 2.52. The molecular formula is C16H15N4O4+. The van der Waals surface area contributed by atoms with Crippen molar-refractivity contribution in [1.82, 2.24) is 0 Å². The maximum atomic E-state index is 11.9. The number of rotatable bonds is 4. The minimum atomic E-state index is -0.768. The molecule has 0 saturated heterocycles. The number of nitrogens with two attached hydrogens (primary N) is 1. The van der Waals surface area contributed by atoms with Gasteiger partial charge >= 0.3 is 17.7 Å². The predicted octanol–water partition coefficient (Wildman–Crippen LogP) is 0.730. The van der Waals surface area contributed by atoms with Crippen molar-refractivity contribution in [3.05, 3.63) is 53.5 Å². The van der Waals surface area contributed by atoms with Gasteiger partial charge in [0, 0.05) is 5.56 Å². The van der Waals surface area contributed by atoms with Crippen LogP contribution >= 0.6 is 0 Å². The summed E-state index contributed by atoms with van der Waals surface area (Å²) >= 11 is 0. The van der Waals surface area contributed by atoms with Gasteiger partial charge in [-0.15, -0.1) is 0 Å². The van der Waals surface area contributed by atoms with Crippen LogP contribution in [0.2, 0.25) is 0 Å². The third-order valence-corrected chi connectivity index (χ3v) is 3.71. The molecule has 2 N–H and O–H groups in total. The fourth-order valence-corrected chi connectivity index (χ4v) is 2.60. The number of aliphatic imine (C=N–C) groups is 2. The number of ether oxygens (including phenoxy) is 1. The molecule has 3 rings (SSSR count). The van der Waals surface area contributed by atoms with Gasteiger partial charge in [-0.2, -0.15) is 9.83 Å². The topological polar surface area (TPSA) is 103 Å². The third-order valence-electron chi connectivity index (χ3n) is 3.71. The van der Waals surface area contributed by atoms with Crippen LogP contribution in [0, 0.1) is 0 Å². The predicted molar refractivity (Wildman–Crippen MR) is 85.9 cm³/mol. The molecule has 0 radical (unpaired) electrons. The van der Waals surface area contributed by atoms with E-state index in [0.717, 1.165) is 5.56 Å². The number of carbonyl (C=O) groups is 2. The van der Waals surface area contributed by atoms with E-state index in [9.17, 15) is 9.59 Å². The van der Waals surface area contributed by atoms with Gasteiger partial charge in [0.05, 0.1) is 20.4 Å². The van der Waals surface area contributed by atoms with Crippen LogP contribution in [0.3, 0.4) is 0 Å². The fourth-order valence-electron chi connectivity index (χ4n) is 2.60. The SMILES string of the molecule is COC(=O)C1=C[N+]2(OC)C(C(N)=O)=NC(c3ccccc3)=C2C=N1. The molecule has 1 atom stereocenters. The van der Waals surface area contributed by atoms with Crippen LogP contribution in [-0.4, -0.2) is 42.8 Å². The number of amidine groups is 1. The molecule has 0 aromatic heterocycles. The molecule has 0 aliphatic carbocycles. The molecule has 2 aliphatic rings. The normalized spacial score (nSPS) is 21.9. The molecule has 1 aromatic carbocycles. The van der Waals surface area contributed by atoms with Crippen molar-refractivity contribution < 1.29 is 23.8 Å². The Kier molecular flexibility index (Phi) is 3.84. The van der Waals surface area contributed by atoms with Crippen molar-refractivity contribution in [1.29, 1.82) is 0 Å². The van der Waals surface area contributed by atoms with Crippen LogP contribution in [0.1, 0.15) is 5.56 Å². The average molecular weight is 327 g/mol. The second-order valence-electron chi connectivity index (χ2n) is 5.00. The first kappa shape index (κ1) is 15.8. The summed E-state index contributed by atoms with van der Waals surface area (Å²) in [5.41, 5.74) is 7.21. The molecule has 1 unspecified atom stereocenters. The maximum Gasteiger partial charge on any atom is 0.362 e. The molecule has 24 heavy (non-hydrogen) atoms. The molecule has 1 amide bonds. The van der Waals surface area contributed by atoms with Gasteiger partial charge in [0.15, 0.2) is 6.20 Å². The standard InChI is InChI=1S/C16H14N4O4/c1-23-16(22)11-9-20(24-2)12(8-18-11)13(19-15(20)14(17)21)10-6-4-3-5-7-10/h3-9H,1-2H3,(H-,17,21)/p+1. The van der Waals surface area contributed by atoms with Crippen molar-refractivity contribution in [3.8, 4) is 0 Å². The number of nitrogens with zero attached hydrogens (tertiary/aromatic N) is 3. The second-order valence-corrected chi connectivity index (χ2v) is 5.00. The smallest absolute Gasteiger partial charge is 0.362 e. The van der Waals surface area contributed by atoms with Gasteiger partial charge in [-0.1, -0.05) is 35.0 Å². The summed E-state index contributed by atoms with van der Waals surface area (Å²) in [5, 5.41) is 0. The zero-order chi connectivity index (χ0) is 17.3. The summed E-state index contributed by atoms with van der Waals surface area (Å²) in [5.74, 6) is -1.49. The molecule has 1 aromatic rings. The number of amides is 1. The Morgan fingerprint density at radius 3 is 2.46 bits per heavy atom. The van der Waals surface area contributed by atoms with Crippen LogP contribution in [0.5, 0.6) is 0 Å². The molecule has 0 spiro atoms. The Morgan fingerprint density at radius 2 is 1.88 bits per heavy atom. The molecule has 0 bridgehead atoms. The lowest BCUT2D eigenvalue weighted by molar-refractivity contribution is -0.951. The Balaban J connectivity index is 2.24. The average Bonchev–Trinajstić information content (AvgIpc) is 2.97. The van der Waals surface area contributed by atoms with Gasteiger partial charge in [0.25, 0.3) is 0 Å². The highest BCUT2D eigenvalue weighted by Crippen LogP contribution is 2.38. The van der Waals surface area contributed by atoms with E-state index in [1.807, 2.05) is 30.3 Å². The Bertz CT molecular complexity index is 839. The molecule has 2 aliphatic heterocycles. The van der Waals surface area contributed by atoms with Gasteiger partial charge in [-0.05, 0) is 0 Å². The molecular weight excluding hydrogens is 312 g/mol. The summed E-state index contributed by atoms with van der Waals surface area (Å²) in [4.78, 5) is 37.7. The molecule has 122 valence electrons. The Labute approximate surface area is 137 Å². The van der Waals surface area contributed by atoms with Crippen LogP contribution in [0.4, 0.5) is 0 Å². The first-order valence-electron chi connectivity index (χ1n) is 7.02. The largest absolute Gasteiger partial charge is 0.464 e. The zero-order valence-corrected chi connectivity index (χ0v) is 13.1. The lowest BCUT2D eigenvalue weighted by atomic mass is 10.1. The summed E-state index contributed by atoms with van der Waals surface area (Å²) in [6, 6.07) is 9.24. The van der Waals surface area contributed by atoms with Crippen LogP contribution in [0.25, 0.3) is 5.70 Å². The molecule has 0 fully saturated rings. The van der Waals surface area contributed by atoms with Gasteiger partial charge in [-0.25, -0.2) is 9.79 Å².